The maximum absolute atomic E-state index is 13.0. The molecule has 2 aliphatic carbocycles. The van der Waals surface area contributed by atoms with Gasteiger partial charge >= 0.3 is 17.1 Å². The van der Waals surface area contributed by atoms with Crippen LogP contribution in [0.15, 0.2) is 79.1 Å². The van der Waals surface area contributed by atoms with E-state index >= 15 is 0 Å². The SMILES string of the molecule is C1=CCC=C1.O=C1N(CCCn2cc(C3C=CC=C3)nn2)c2ccccc2C12OCCO2.[Fe+2]. The molecular weight excluding hydrogens is 460 g/mol. The van der Waals surface area contributed by atoms with Gasteiger partial charge in [0.05, 0.1) is 24.6 Å². The van der Waals surface area contributed by atoms with Crippen LogP contribution in [0.2, 0.25) is 0 Å². The van der Waals surface area contributed by atoms with Gasteiger partial charge in [0.2, 0.25) is 0 Å². The van der Waals surface area contributed by atoms with Crippen LogP contribution in [0.25, 0.3) is 0 Å². The minimum absolute atomic E-state index is 0. The predicted molar refractivity (Wildman–Crippen MR) is 121 cm³/mol. The van der Waals surface area contributed by atoms with E-state index in [1.54, 1.807) is 4.90 Å². The van der Waals surface area contributed by atoms with E-state index in [9.17, 15) is 4.79 Å². The number of ether oxygens (including phenoxy) is 2. The van der Waals surface area contributed by atoms with E-state index in [1.807, 2.05) is 47.3 Å². The summed E-state index contributed by atoms with van der Waals surface area (Å²) in [6.45, 7) is 2.12. The summed E-state index contributed by atoms with van der Waals surface area (Å²) in [6, 6.07) is 7.69. The Hall–Kier alpha value is -2.77. The average Bonchev–Trinajstić information content (AvgIpc) is 3.65. The van der Waals surface area contributed by atoms with Gasteiger partial charge in [0, 0.05) is 30.8 Å². The van der Waals surface area contributed by atoms with Crippen molar-refractivity contribution in [2.75, 3.05) is 24.7 Å². The number of carbonyl (C=O) groups is 1. The second kappa shape index (κ2) is 10.4. The number of para-hydroxylation sites is 1. The fourth-order valence-corrected chi connectivity index (χ4v) is 4.29. The normalized spacial score (nSPS) is 19.3. The molecule has 7 nitrogen and oxygen atoms in total. The summed E-state index contributed by atoms with van der Waals surface area (Å²) in [5, 5.41) is 8.45. The molecule has 0 atom stereocenters. The molecule has 6 rings (SSSR count). The van der Waals surface area contributed by atoms with E-state index in [4.69, 9.17) is 9.47 Å². The van der Waals surface area contributed by atoms with Crippen LogP contribution in [0, 0.1) is 0 Å². The molecule has 0 unspecified atom stereocenters. The van der Waals surface area contributed by atoms with Gasteiger partial charge in [0.1, 0.15) is 0 Å². The van der Waals surface area contributed by atoms with E-state index < -0.39 is 5.79 Å². The summed E-state index contributed by atoms with van der Waals surface area (Å²) in [6.07, 6.45) is 20.4. The fourth-order valence-electron chi connectivity index (χ4n) is 4.29. The standard InChI is InChI=1S/C20H20N4O3.C5H6.Fe/c25-19-20(26-12-13-27-20)16-8-3-4-9-18(16)24(19)11-5-10-23-14-17(21-22-23)15-6-1-2-7-15;1-2-4-5-3-1;/h1-4,6-9,14-15H,5,10-13H2;1-4H,5H2;/q;;+2. The van der Waals surface area contributed by atoms with Gasteiger partial charge in [-0.05, 0) is 18.9 Å². The van der Waals surface area contributed by atoms with Crippen LogP contribution in [-0.4, -0.2) is 40.7 Å². The number of benzene rings is 1. The molecule has 2 aromatic rings. The van der Waals surface area contributed by atoms with Crippen LogP contribution in [0.5, 0.6) is 0 Å². The molecule has 0 bridgehead atoms. The molecule has 8 heteroatoms. The van der Waals surface area contributed by atoms with Crippen molar-refractivity contribution in [3.8, 4) is 0 Å². The Balaban J connectivity index is 0.000000385. The molecule has 0 saturated carbocycles. The fraction of sp³-hybridized carbons (Fsp3) is 0.320. The molecule has 4 aliphatic rings. The minimum atomic E-state index is -1.25. The van der Waals surface area contributed by atoms with E-state index in [0.29, 0.717) is 26.3 Å². The van der Waals surface area contributed by atoms with Crippen molar-refractivity contribution in [1.82, 2.24) is 15.0 Å². The maximum atomic E-state index is 13.0. The number of rotatable bonds is 5. The van der Waals surface area contributed by atoms with Gasteiger partial charge in [0.25, 0.3) is 11.7 Å². The van der Waals surface area contributed by atoms with Gasteiger partial charge in [-0.1, -0.05) is 72.0 Å². The van der Waals surface area contributed by atoms with Gasteiger partial charge in [-0.15, -0.1) is 5.10 Å². The van der Waals surface area contributed by atoms with Crippen LogP contribution >= 0.6 is 0 Å². The molecule has 3 heterocycles. The number of hydrogen-bond donors (Lipinski definition) is 0. The molecule has 1 aromatic heterocycles. The van der Waals surface area contributed by atoms with E-state index in [2.05, 4.69) is 46.8 Å². The number of aromatic nitrogens is 3. The first-order valence-electron chi connectivity index (χ1n) is 11.0. The van der Waals surface area contributed by atoms with Crippen molar-refractivity contribution in [3.05, 3.63) is 90.3 Å². The van der Waals surface area contributed by atoms with E-state index in [1.165, 1.54) is 0 Å². The van der Waals surface area contributed by atoms with Crippen LogP contribution in [0.3, 0.4) is 0 Å². The van der Waals surface area contributed by atoms with Gasteiger partial charge in [-0.25, -0.2) is 0 Å². The Kier molecular flexibility index (Phi) is 7.40. The summed E-state index contributed by atoms with van der Waals surface area (Å²) < 4.78 is 13.3. The quantitative estimate of drug-likeness (QED) is 0.604. The van der Waals surface area contributed by atoms with Gasteiger partial charge in [-0.2, -0.15) is 0 Å². The molecule has 1 fully saturated rings. The van der Waals surface area contributed by atoms with E-state index in [0.717, 1.165) is 29.8 Å². The molecule has 1 aromatic carbocycles. The number of hydrogen-bond acceptors (Lipinski definition) is 5. The zero-order chi connectivity index (χ0) is 21.8. The Bertz CT molecular complexity index is 1080. The predicted octanol–water partition coefficient (Wildman–Crippen LogP) is 3.62. The Morgan fingerprint density at radius 1 is 1.00 bits per heavy atom. The third-order valence-electron chi connectivity index (χ3n) is 5.84. The second-order valence-corrected chi connectivity index (χ2v) is 7.94. The molecule has 170 valence electrons. The van der Waals surface area contributed by atoms with Crippen molar-refractivity contribution in [3.63, 3.8) is 0 Å². The number of allylic oxidation sites excluding steroid dienone is 8. The Labute approximate surface area is 203 Å². The van der Waals surface area contributed by atoms with Crippen molar-refractivity contribution in [2.24, 2.45) is 0 Å². The van der Waals surface area contributed by atoms with Crippen LogP contribution < -0.4 is 4.90 Å². The monoisotopic (exact) mass is 486 g/mol. The van der Waals surface area contributed by atoms with Crippen molar-refractivity contribution < 1.29 is 31.3 Å². The molecule has 0 radical (unpaired) electrons. The Morgan fingerprint density at radius 3 is 2.42 bits per heavy atom. The summed E-state index contributed by atoms with van der Waals surface area (Å²) in [5.74, 6) is -1.18. The molecule has 33 heavy (non-hydrogen) atoms. The number of carbonyl (C=O) groups excluding carboxylic acids is 1. The smallest absolute Gasteiger partial charge is 0.336 e. The first-order valence-corrected chi connectivity index (χ1v) is 11.0. The molecular formula is C25H26FeN4O3+2. The van der Waals surface area contributed by atoms with Crippen molar-refractivity contribution >= 4 is 11.6 Å². The first-order chi connectivity index (χ1) is 15.8. The third-order valence-corrected chi connectivity index (χ3v) is 5.84. The minimum Gasteiger partial charge on any atom is -0.336 e. The van der Waals surface area contributed by atoms with Crippen LogP contribution in [-0.2, 0) is 43.7 Å². The summed E-state index contributed by atoms with van der Waals surface area (Å²) >= 11 is 0. The number of fused-ring (bicyclic) bond motifs is 2. The zero-order valence-corrected chi connectivity index (χ0v) is 19.3. The van der Waals surface area contributed by atoms with Crippen LogP contribution in [0.1, 0.15) is 30.0 Å². The molecule has 1 spiro atoms. The molecule has 0 N–H and O–H groups in total. The average molecular weight is 486 g/mol. The summed E-state index contributed by atoms with van der Waals surface area (Å²) in [4.78, 5) is 14.8. The second-order valence-electron chi connectivity index (χ2n) is 7.94. The maximum Gasteiger partial charge on any atom is 2.00 e. The number of nitrogens with zero attached hydrogens (tertiary/aromatic N) is 4. The van der Waals surface area contributed by atoms with E-state index in [-0.39, 0.29) is 28.9 Å². The number of aryl methyl sites for hydroxylation is 1. The topological polar surface area (TPSA) is 69.5 Å². The zero-order valence-electron chi connectivity index (χ0n) is 18.2. The largest absolute Gasteiger partial charge is 2.00 e. The van der Waals surface area contributed by atoms with Gasteiger partial charge < -0.3 is 14.4 Å². The number of anilines is 1. The molecule has 2 aliphatic heterocycles. The third kappa shape index (κ3) is 4.66. The summed E-state index contributed by atoms with van der Waals surface area (Å²) in [5.41, 5.74) is 2.61. The van der Waals surface area contributed by atoms with Gasteiger partial charge in [-0.3, -0.25) is 9.48 Å². The number of amides is 1. The molecule has 1 amide bonds. The summed E-state index contributed by atoms with van der Waals surface area (Å²) in [7, 11) is 0. The first kappa shape index (κ1) is 23.4. The Morgan fingerprint density at radius 2 is 1.73 bits per heavy atom. The van der Waals surface area contributed by atoms with Crippen molar-refractivity contribution in [1.29, 1.82) is 0 Å². The molecule has 1 saturated heterocycles. The van der Waals surface area contributed by atoms with Crippen LogP contribution in [0.4, 0.5) is 5.69 Å². The van der Waals surface area contributed by atoms with Crippen molar-refractivity contribution in [2.45, 2.75) is 31.1 Å². The van der Waals surface area contributed by atoms with Gasteiger partial charge in [0.15, 0.2) is 0 Å².